The van der Waals surface area contributed by atoms with E-state index >= 15 is 0 Å². The third-order valence-electron chi connectivity index (χ3n) is 4.72. The SMILES string of the molecule is COC(=O)c1c(-c2ccc(Cl)c(Cl)c2)c(C)n(Cc2ccc(F)cc2F)c1C. The lowest BCUT2D eigenvalue weighted by molar-refractivity contribution is 0.0600. The Morgan fingerprint density at radius 2 is 1.75 bits per heavy atom. The van der Waals surface area contributed by atoms with Gasteiger partial charge in [-0.05, 0) is 37.6 Å². The van der Waals surface area contributed by atoms with Gasteiger partial charge in [0.15, 0.2) is 0 Å². The zero-order valence-electron chi connectivity index (χ0n) is 15.4. The standard InChI is InChI=1S/C21H17Cl2F2NO2/c1-11-19(13-5-7-16(22)17(23)8-13)20(21(27)28-3)12(2)26(11)10-14-4-6-15(24)9-18(14)25/h4-9H,10H2,1-3H3. The highest BCUT2D eigenvalue weighted by Crippen LogP contribution is 2.36. The number of carbonyl (C=O) groups is 1. The third-order valence-corrected chi connectivity index (χ3v) is 5.46. The van der Waals surface area contributed by atoms with Crippen LogP contribution >= 0.6 is 23.2 Å². The van der Waals surface area contributed by atoms with Gasteiger partial charge in [0.05, 0.1) is 29.3 Å². The molecule has 2 aromatic carbocycles. The molecular weight excluding hydrogens is 407 g/mol. The van der Waals surface area contributed by atoms with Crippen LogP contribution < -0.4 is 0 Å². The first-order valence-electron chi connectivity index (χ1n) is 8.42. The number of esters is 1. The molecule has 0 aliphatic rings. The quantitative estimate of drug-likeness (QED) is 0.468. The molecule has 146 valence electrons. The fraction of sp³-hybridized carbons (Fsp3) is 0.190. The Morgan fingerprint density at radius 1 is 1.04 bits per heavy atom. The largest absolute Gasteiger partial charge is 0.465 e. The van der Waals surface area contributed by atoms with Gasteiger partial charge < -0.3 is 9.30 Å². The van der Waals surface area contributed by atoms with Crippen LogP contribution in [0.3, 0.4) is 0 Å². The van der Waals surface area contributed by atoms with Gasteiger partial charge in [-0.1, -0.05) is 35.3 Å². The van der Waals surface area contributed by atoms with Crippen molar-refractivity contribution in [1.29, 1.82) is 0 Å². The van der Waals surface area contributed by atoms with E-state index in [1.807, 2.05) is 6.92 Å². The van der Waals surface area contributed by atoms with Crippen molar-refractivity contribution in [3.05, 3.63) is 80.6 Å². The van der Waals surface area contributed by atoms with Crippen molar-refractivity contribution in [2.75, 3.05) is 7.11 Å². The molecule has 0 fully saturated rings. The van der Waals surface area contributed by atoms with E-state index in [2.05, 4.69) is 0 Å². The average Bonchev–Trinajstić information content (AvgIpc) is 2.90. The summed E-state index contributed by atoms with van der Waals surface area (Å²) in [5, 5.41) is 0.747. The van der Waals surface area contributed by atoms with E-state index in [0.29, 0.717) is 38.0 Å². The molecule has 0 atom stereocenters. The van der Waals surface area contributed by atoms with Gasteiger partial charge in [0.2, 0.25) is 0 Å². The molecule has 0 N–H and O–H groups in total. The molecule has 0 radical (unpaired) electrons. The van der Waals surface area contributed by atoms with E-state index in [-0.39, 0.29) is 6.54 Å². The minimum absolute atomic E-state index is 0.134. The molecule has 0 bridgehead atoms. The van der Waals surface area contributed by atoms with Crippen LogP contribution in [-0.4, -0.2) is 17.6 Å². The van der Waals surface area contributed by atoms with Gasteiger partial charge in [-0.15, -0.1) is 0 Å². The topological polar surface area (TPSA) is 31.2 Å². The maximum atomic E-state index is 14.2. The van der Waals surface area contributed by atoms with Gasteiger partial charge in [-0.2, -0.15) is 0 Å². The molecule has 0 spiro atoms. The van der Waals surface area contributed by atoms with E-state index < -0.39 is 17.6 Å². The van der Waals surface area contributed by atoms with Gasteiger partial charge in [0.25, 0.3) is 0 Å². The summed E-state index contributed by atoms with van der Waals surface area (Å²) in [5.74, 6) is -1.81. The summed E-state index contributed by atoms with van der Waals surface area (Å²) in [7, 11) is 1.30. The Hall–Kier alpha value is -2.37. The maximum Gasteiger partial charge on any atom is 0.340 e. The molecule has 28 heavy (non-hydrogen) atoms. The summed E-state index contributed by atoms with van der Waals surface area (Å²) < 4.78 is 34.1. The highest BCUT2D eigenvalue weighted by atomic mass is 35.5. The number of hydrogen-bond acceptors (Lipinski definition) is 2. The summed E-state index contributed by atoms with van der Waals surface area (Å²) in [6.07, 6.45) is 0. The van der Waals surface area contributed by atoms with E-state index in [1.165, 1.54) is 19.2 Å². The van der Waals surface area contributed by atoms with Crippen molar-refractivity contribution < 1.29 is 18.3 Å². The molecule has 1 aromatic heterocycles. The lowest BCUT2D eigenvalue weighted by atomic mass is 10.0. The molecule has 0 saturated carbocycles. The second-order valence-electron chi connectivity index (χ2n) is 6.36. The Labute approximate surface area is 171 Å². The number of methoxy groups -OCH3 is 1. The minimum atomic E-state index is -0.650. The number of nitrogens with zero attached hydrogens (tertiary/aromatic N) is 1. The Kier molecular flexibility index (Phi) is 5.77. The summed E-state index contributed by atoms with van der Waals surface area (Å²) >= 11 is 12.2. The minimum Gasteiger partial charge on any atom is -0.465 e. The van der Waals surface area contributed by atoms with Crippen LogP contribution in [0.5, 0.6) is 0 Å². The predicted octanol–water partition coefficient (Wildman–Crippen LogP) is 6.19. The fourth-order valence-corrected chi connectivity index (χ4v) is 3.60. The molecule has 0 unspecified atom stereocenters. The maximum absolute atomic E-state index is 14.2. The zero-order valence-corrected chi connectivity index (χ0v) is 17.0. The molecule has 0 amide bonds. The van der Waals surface area contributed by atoms with Gasteiger partial charge in [0, 0.05) is 28.6 Å². The molecule has 1 heterocycles. The number of carbonyl (C=O) groups excluding carboxylic acids is 1. The Balaban J connectivity index is 2.20. The highest BCUT2D eigenvalue weighted by molar-refractivity contribution is 6.42. The third kappa shape index (κ3) is 3.64. The average molecular weight is 424 g/mol. The number of halogens is 4. The molecule has 3 nitrogen and oxygen atoms in total. The fourth-order valence-electron chi connectivity index (χ4n) is 3.30. The van der Waals surface area contributed by atoms with Crippen molar-refractivity contribution in [3.63, 3.8) is 0 Å². The van der Waals surface area contributed by atoms with Crippen LogP contribution in [-0.2, 0) is 11.3 Å². The van der Waals surface area contributed by atoms with Crippen molar-refractivity contribution >= 4 is 29.2 Å². The highest BCUT2D eigenvalue weighted by Gasteiger charge is 2.25. The molecule has 0 aliphatic heterocycles. The second kappa shape index (κ2) is 7.94. The van der Waals surface area contributed by atoms with Crippen molar-refractivity contribution in [3.8, 4) is 11.1 Å². The Morgan fingerprint density at radius 3 is 2.36 bits per heavy atom. The van der Waals surface area contributed by atoms with Crippen LogP contribution in [0, 0.1) is 25.5 Å². The molecule has 3 rings (SSSR count). The molecular formula is C21H17Cl2F2NO2. The molecule has 0 aliphatic carbocycles. The Bertz CT molecular complexity index is 1080. The normalized spacial score (nSPS) is 11.0. The van der Waals surface area contributed by atoms with E-state index in [0.717, 1.165) is 11.8 Å². The first kappa shape index (κ1) is 20.4. The molecule has 7 heteroatoms. The zero-order chi connectivity index (χ0) is 20.6. The number of aromatic nitrogens is 1. The summed E-state index contributed by atoms with van der Waals surface area (Å²) in [5.41, 5.74) is 3.31. The van der Waals surface area contributed by atoms with E-state index in [9.17, 15) is 13.6 Å². The van der Waals surface area contributed by atoms with Gasteiger partial charge >= 0.3 is 5.97 Å². The van der Waals surface area contributed by atoms with Gasteiger partial charge in [0.1, 0.15) is 11.6 Å². The van der Waals surface area contributed by atoms with Gasteiger partial charge in [-0.3, -0.25) is 0 Å². The van der Waals surface area contributed by atoms with Crippen LogP contribution in [0.2, 0.25) is 10.0 Å². The monoisotopic (exact) mass is 423 g/mol. The van der Waals surface area contributed by atoms with Gasteiger partial charge in [-0.25, -0.2) is 13.6 Å². The lowest BCUT2D eigenvalue weighted by Gasteiger charge is -2.11. The molecule has 0 saturated heterocycles. The summed E-state index contributed by atoms with van der Waals surface area (Å²) in [6, 6.07) is 8.50. The van der Waals surface area contributed by atoms with E-state index in [1.54, 1.807) is 29.7 Å². The van der Waals surface area contributed by atoms with Crippen molar-refractivity contribution in [1.82, 2.24) is 4.57 Å². The van der Waals surface area contributed by atoms with Crippen molar-refractivity contribution in [2.24, 2.45) is 0 Å². The number of benzene rings is 2. The first-order chi connectivity index (χ1) is 13.2. The van der Waals surface area contributed by atoms with E-state index in [4.69, 9.17) is 27.9 Å². The van der Waals surface area contributed by atoms with Crippen LogP contribution in [0.1, 0.15) is 27.3 Å². The number of rotatable bonds is 4. The lowest BCUT2D eigenvalue weighted by Crippen LogP contribution is -2.08. The van der Waals surface area contributed by atoms with Crippen LogP contribution in [0.25, 0.3) is 11.1 Å². The molecule has 3 aromatic rings. The second-order valence-corrected chi connectivity index (χ2v) is 7.18. The summed E-state index contributed by atoms with van der Waals surface area (Å²) in [6.45, 7) is 3.70. The van der Waals surface area contributed by atoms with Crippen molar-refractivity contribution in [2.45, 2.75) is 20.4 Å². The van der Waals surface area contributed by atoms with Crippen LogP contribution in [0.4, 0.5) is 8.78 Å². The van der Waals surface area contributed by atoms with Crippen LogP contribution in [0.15, 0.2) is 36.4 Å². The smallest absolute Gasteiger partial charge is 0.340 e. The predicted molar refractivity (Wildman–Crippen MR) is 106 cm³/mol. The number of ether oxygens (including phenoxy) is 1. The first-order valence-corrected chi connectivity index (χ1v) is 9.17. The number of hydrogen-bond donors (Lipinski definition) is 0. The summed E-state index contributed by atoms with van der Waals surface area (Å²) in [4.78, 5) is 12.5.